The summed E-state index contributed by atoms with van der Waals surface area (Å²) in [6.07, 6.45) is 10.0. The minimum atomic E-state index is -0.689. The Balaban J connectivity index is 1.28. The molecule has 0 saturated heterocycles. The Hall–Kier alpha value is -1.86. The van der Waals surface area contributed by atoms with Crippen molar-refractivity contribution >= 4 is 6.16 Å². The van der Waals surface area contributed by atoms with Crippen LogP contribution < -0.4 is 5.63 Å². The van der Waals surface area contributed by atoms with Gasteiger partial charge < -0.3 is 23.7 Å². The third kappa shape index (κ3) is 4.03. The lowest BCUT2D eigenvalue weighted by molar-refractivity contribution is -0.209. The van der Waals surface area contributed by atoms with E-state index in [2.05, 4.69) is 13.8 Å². The summed E-state index contributed by atoms with van der Waals surface area (Å²) in [5.74, 6) is 1.57. The standard InChI is InChI=1S/C28H40O7/c1-4-32-25(30)35-17-34-20-9-12-26(2)19(15-20)6-7-23-22(26)10-13-27(3)21(11-14-28(23,27)31)18-5-8-24(29)33-16-18/h5,8,16,19-23,31H,4,6-7,9-15,17H2,1-3H3/t19-,20+,21-,22+,23-,26+,27-,28+/m1/s1. The molecular formula is C28H40O7. The van der Waals surface area contributed by atoms with Gasteiger partial charge in [-0.15, -0.1) is 0 Å². The fourth-order valence-electron chi connectivity index (χ4n) is 8.78. The van der Waals surface area contributed by atoms with Gasteiger partial charge in [0.25, 0.3) is 0 Å². The van der Waals surface area contributed by atoms with Gasteiger partial charge in [-0.3, -0.25) is 0 Å². The highest BCUT2D eigenvalue weighted by Gasteiger charge is 2.67. The molecule has 1 N–H and O–H groups in total. The third-order valence-electron chi connectivity index (χ3n) is 10.7. The lowest BCUT2D eigenvalue weighted by Gasteiger charge is -2.63. The molecule has 0 unspecified atom stereocenters. The van der Waals surface area contributed by atoms with Crippen molar-refractivity contribution < 1.29 is 28.5 Å². The molecule has 0 radical (unpaired) electrons. The maximum absolute atomic E-state index is 12.3. The summed E-state index contributed by atoms with van der Waals surface area (Å²) in [5, 5.41) is 12.3. The lowest BCUT2D eigenvalue weighted by Crippen LogP contribution is -2.62. The average molecular weight is 489 g/mol. The van der Waals surface area contributed by atoms with Crippen molar-refractivity contribution in [3.05, 3.63) is 34.4 Å². The van der Waals surface area contributed by atoms with Gasteiger partial charge in [-0.25, -0.2) is 9.59 Å². The van der Waals surface area contributed by atoms with Crippen molar-refractivity contribution in [3.63, 3.8) is 0 Å². The van der Waals surface area contributed by atoms with Crippen LogP contribution in [0, 0.1) is 28.6 Å². The van der Waals surface area contributed by atoms with Crippen molar-refractivity contribution in [2.75, 3.05) is 13.4 Å². The second kappa shape index (κ2) is 9.22. The maximum atomic E-state index is 12.3. The highest BCUT2D eigenvalue weighted by atomic mass is 16.8. The number of hydrogen-bond acceptors (Lipinski definition) is 7. The minimum absolute atomic E-state index is 0.0574. The SMILES string of the molecule is CCOC(=O)OCO[C@H]1CC[C@@]2(C)[C@H](CC[C@@H]3[C@@H]2CC[C@]2(C)[C@@H](c4ccc(=O)oc4)CC[C@]32O)C1. The monoisotopic (exact) mass is 488 g/mol. The third-order valence-corrected chi connectivity index (χ3v) is 10.7. The topological polar surface area (TPSA) is 95.2 Å². The summed E-state index contributed by atoms with van der Waals surface area (Å²) in [6, 6.07) is 3.40. The largest absolute Gasteiger partial charge is 0.510 e. The van der Waals surface area contributed by atoms with E-state index < -0.39 is 11.8 Å². The Morgan fingerprint density at radius 3 is 2.63 bits per heavy atom. The van der Waals surface area contributed by atoms with Crippen LogP contribution in [0.3, 0.4) is 0 Å². The van der Waals surface area contributed by atoms with Crippen LogP contribution in [-0.2, 0) is 14.2 Å². The molecule has 8 atom stereocenters. The molecule has 194 valence electrons. The molecule has 0 amide bonds. The summed E-state index contributed by atoms with van der Waals surface area (Å²) in [4.78, 5) is 22.9. The number of fused-ring (bicyclic) bond motifs is 5. The predicted molar refractivity (Wildman–Crippen MR) is 129 cm³/mol. The molecule has 0 aliphatic heterocycles. The number of carbonyl (C=O) groups is 1. The van der Waals surface area contributed by atoms with E-state index in [1.54, 1.807) is 13.2 Å². The molecule has 0 spiro atoms. The molecule has 4 aliphatic rings. The highest BCUT2D eigenvalue weighted by molar-refractivity contribution is 5.59. The average Bonchev–Trinajstić information content (AvgIpc) is 3.11. The first-order chi connectivity index (χ1) is 16.7. The Morgan fingerprint density at radius 1 is 1.06 bits per heavy atom. The Bertz CT molecular complexity index is 969. The molecule has 7 heteroatoms. The molecule has 35 heavy (non-hydrogen) atoms. The highest BCUT2D eigenvalue weighted by Crippen LogP contribution is 2.70. The summed E-state index contributed by atoms with van der Waals surface area (Å²) < 4.78 is 20.9. The molecule has 1 aromatic rings. The second-order valence-corrected chi connectivity index (χ2v) is 11.9. The van der Waals surface area contributed by atoms with Crippen LogP contribution in [-0.4, -0.2) is 36.4 Å². The van der Waals surface area contributed by atoms with Gasteiger partial charge in [0, 0.05) is 11.5 Å². The molecule has 0 aromatic carbocycles. The zero-order valence-corrected chi connectivity index (χ0v) is 21.3. The number of rotatable bonds is 5. The lowest BCUT2D eigenvalue weighted by atomic mass is 9.43. The molecule has 5 rings (SSSR count). The molecule has 4 saturated carbocycles. The first-order valence-electron chi connectivity index (χ1n) is 13.4. The molecular weight excluding hydrogens is 448 g/mol. The number of ether oxygens (including phenoxy) is 3. The summed E-state index contributed by atoms with van der Waals surface area (Å²) >= 11 is 0. The van der Waals surface area contributed by atoms with Crippen LogP contribution in [0.4, 0.5) is 4.79 Å². The van der Waals surface area contributed by atoms with Gasteiger partial charge in [0.05, 0.1) is 24.6 Å². The van der Waals surface area contributed by atoms with Crippen molar-refractivity contribution in [1.82, 2.24) is 0 Å². The van der Waals surface area contributed by atoms with Crippen LogP contribution in [0.1, 0.15) is 90.0 Å². The van der Waals surface area contributed by atoms with Gasteiger partial charge in [-0.1, -0.05) is 13.8 Å². The molecule has 7 nitrogen and oxygen atoms in total. The Morgan fingerprint density at radius 2 is 1.89 bits per heavy atom. The predicted octanol–water partition coefficient (Wildman–Crippen LogP) is 5.40. The van der Waals surface area contributed by atoms with Crippen LogP contribution in [0.25, 0.3) is 0 Å². The van der Waals surface area contributed by atoms with E-state index >= 15 is 0 Å². The van der Waals surface area contributed by atoms with E-state index in [9.17, 15) is 14.7 Å². The summed E-state index contributed by atoms with van der Waals surface area (Å²) in [7, 11) is 0. The zero-order valence-electron chi connectivity index (χ0n) is 21.3. The van der Waals surface area contributed by atoms with Gasteiger partial charge in [0.15, 0.2) is 6.79 Å². The summed E-state index contributed by atoms with van der Waals surface area (Å²) in [5.41, 5.74) is 0.0192. The van der Waals surface area contributed by atoms with Crippen molar-refractivity contribution in [2.45, 2.75) is 96.2 Å². The number of carbonyl (C=O) groups excluding carboxylic acids is 1. The van der Waals surface area contributed by atoms with Crippen molar-refractivity contribution in [2.24, 2.45) is 28.6 Å². The molecule has 4 fully saturated rings. The Labute approximate surface area is 207 Å². The van der Waals surface area contributed by atoms with Gasteiger partial charge in [-0.05, 0) is 105 Å². The zero-order chi connectivity index (χ0) is 24.8. The fourth-order valence-corrected chi connectivity index (χ4v) is 8.78. The van der Waals surface area contributed by atoms with Crippen molar-refractivity contribution in [3.8, 4) is 0 Å². The quantitative estimate of drug-likeness (QED) is 0.438. The second-order valence-electron chi connectivity index (χ2n) is 11.9. The van der Waals surface area contributed by atoms with E-state index in [1.165, 1.54) is 6.07 Å². The maximum Gasteiger partial charge on any atom is 0.510 e. The molecule has 1 heterocycles. The van der Waals surface area contributed by atoms with Gasteiger partial charge in [-0.2, -0.15) is 0 Å². The van der Waals surface area contributed by atoms with E-state index in [0.29, 0.717) is 24.4 Å². The van der Waals surface area contributed by atoms with Crippen molar-refractivity contribution in [1.29, 1.82) is 0 Å². The summed E-state index contributed by atoms with van der Waals surface area (Å²) in [6.45, 7) is 6.70. The van der Waals surface area contributed by atoms with E-state index in [-0.39, 0.29) is 35.3 Å². The van der Waals surface area contributed by atoms with Gasteiger partial charge in [0.2, 0.25) is 0 Å². The van der Waals surface area contributed by atoms with Crippen LogP contribution in [0.5, 0.6) is 0 Å². The number of aliphatic hydroxyl groups is 1. The van der Waals surface area contributed by atoms with Crippen LogP contribution in [0.2, 0.25) is 0 Å². The van der Waals surface area contributed by atoms with Crippen LogP contribution >= 0.6 is 0 Å². The molecule has 0 bridgehead atoms. The fraction of sp³-hybridized carbons (Fsp3) is 0.786. The first kappa shape index (κ1) is 24.8. The van der Waals surface area contributed by atoms with E-state index in [0.717, 1.165) is 63.4 Å². The smallest absolute Gasteiger partial charge is 0.435 e. The van der Waals surface area contributed by atoms with E-state index in [4.69, 9.17) is 18.6 Å². The van der Waals surface area contributed by atoms with Crippen LogP contribution in [0.15, 0.2) is 27.6 Å². The normalized spacial score (nSPS) is 42.5. The Kier molecular flexibility index (Phi) is 6.54. The first-order valence-corrected chi connectivity index (χ1v) is 13.4. The number of hydrogen-bond donors (Lipinski definition) is 1. The molecule has 4 aliphatic carbocycles. The van der Waals surface area contributed by atoms with E-state index in [1.807, 2.05) is 6.07 Å². The minimum Gasteiger partial charge on any atom is -0.435 e. The van der Waals surface area contributed by atoms with Gasteiger partial charge in [0.1, 0.15) is 0 Å². The van der Waals surface area contributed by atoms with Gasteiger partial charge >= 0.3 is 11.8 Å². The molecule has 1 aromatic heterocycles.